The number of carboxylic acids is 1. The number of nitrogens with one attached hydrogen (secondary N) is 1. The van der Waals surface area contributed by atoms with E-state index < -0.39 is 36.2 Å². The number of rotatable bonds is 3. The molecule has 1 rings (SSSR count). The van der Waals surface area contributed by atoms with Crippen molar-refractivity contribution in [2.24, 2.45) is 0 Å². The molecule has 0 radical (unpaired) electrons. The number of nitrogens with zero attached hydrogens (tertiary/aromatic N) is 1. The average Bonchev–Trinajstić information content (AvgIpc) is 2.29. The van der Waals surface area contributed by atoms with Crippen molar-refractivity contribution in [3.8, 4) is 0 Å². The highest BCUT2D eigenvalue weighted by Gasteiger charge is 2.31. The number of carbonyl (C=O) groups is 2. The number of benzene rings is 1. The molecular weight excluding hydrogens is 284 g/mol. The number of carboxylic acid groups (broad SMARTS) is 1. The molecule has 5 nitrogen and oxygen atoms in total. The SMILES string of the molecule is CN(CC(F)(F)F)C(=O)Nc1cc(C(=O)O)ccc1F. The fraction of sp³-hybridized carbons (Fsp3) is 0.273. The lowest BCUT2D eigenvalue weighted by molar-refractivity contribution is -0.137. The van der Waals surface area contributed by atoms with Crippen molar-refractivity contribution in [2.75, 3.05) is 18.9 Å². The first-order valence-corrected chi connectivity index (χ1v) is 5.22. The van der Waals surface area contributed by atoms with Crippen LogP contribution < -0.4 is 5.32 Å². The summed E-state index contributed by atoms with van der Waals surface area (Å²) in [5.74, 6) is -2.31. The zero-order valence-corrected chi connectivity index (χ0v) is 10.2. The van der Waals surface area contributed by atoms with E-state index in [2.05, 4.69) is 0 Å². The fourth-order valence-corrected chi connectivity index (χ4v) is 1.31. The highest BCUT2D eigenvalue weighted by atomic mass is 19.4. The number of hydrogen-bond acceptors (Lipinski definition) is 2. The van der Waals surface area contributed by atoms with E-state index in [1.165, 1.54) is 0 Å². The van der Waals surface area contributed by atoms with Crippen molar-refractivity contribution in [3.63, 3.8) is 0 Å². The largest absolute Gasteiger partial charge is 0.478 e. The summed E-state index contributed by atoms with van der Waals surface area (Å²) in [6.45, 7) is -1.51. The third-order valence-electron chi connectivity index (χ3n) is 2.22. The molecule has 0 saturated carbocycles. The van der Waals surface area contributed by atoms with Crippen LogP contribution in [-0.4, -0.2) is 41.8 Å². The van der Waals surface area contributed by atoms with Gasteiger partial charge in [0.25, 0.3) is 0 Å². The van der Waals surface area contributed by atoms with Gasteiger partial charge >= 0.3 is 18.2 Å². The van der Waals surface area contributed by atoms with Gasteiger partial charge in [-0.25, -0.2) is 14.0 Å². The van der Waals surface area contributed by atoms with Crippen LogP contribution in [0.3, 0.4) is 0 Å². The number of urea groups is 1. The van der Waals surface area contributed by atoms with E-state index in [9.17, 15) is 27.2 Å². The van der Waals surface area contributed by atoms with E-state index in [0.717, 1.165) is 25.2 Å². The highest BCUT2D eigenvalue weighted by Crippen LogP contribution is 2.19. The van der Waals surface area contributed by atoms with Gasteiger partial charge < -0.3 is 15.3 Å². The second-order valence-corrected chi connectivity index (χ2v) is 3.90. The second kappa shape index (κ2) is 5.76. The van der Waals surface area contributed by atoms with Crippen LogP contribution in [0, 0.1) is 5.82 Å². The van der Waals surface area contributed by atoms with Crippen molar-refractivity contribution in [1.82, 2.24) is 4.90 Å². The van der Waals surface area contributed by atoms with Crippen LogP contribution >= 0.6 is 0 Å². The summed E-state index contributed by atoms with van der Waals surface area (Å²) < 4.78 is 49.6. The number of anilines is 1. The molecule has 0 aliphatic heterocycles. The van der Waals surface area contributed by atoms with E-state index in [0.29, 0.717) is 4.90 Å². The highest BCUT2D eigenvalue weighted by molar-refractivity contribution is 5.93. The Balaban J connectivity index is 2.85. The number of carbonyl (C=O) groups excluding carboxylic acids is 1. The van der Waals surface area contributed by atoms with Crippen LogP contribution in [0.2, 0.25) is 0 Å². The molecule has 0 atom stereocenters. The summed E-state index contributed by atoms with van der Waals surface area (Å²) in [5.41, 5.74) is -0.816. The number of alkyl halides is 3. The van der Waals surface area contributed by atoms with Gasteiger partial charge in [0.05, 0.1) is 11.3 Å². The molecule has 0 aromatic heterocycles. The van der Waals surface area contributed by atoms with E-state index in [-0.39, 0.29) is 5.56 Å². The number of amides is 2. The van der Waals surface area contributed by atoms with Gasteiger partial charge in [-0.2, -0.15) is 13.2 Å². The molecule has 0 heterocycles. The van der Waals surface area contributed by atoms with Gasteiger partial charge in [0.1, 0.15) is 12.4 Å². The molecule has 0 aliphatic carbocycles. The lowest BCUT2D eigenvalue weighted by Gasteiger charge is -2.19. The molecular formula is C11H10F4N2O3. The molecule has 0 saturated heterocycles. The smallest absolute Gasteiger partial charge is 0.406 e. The molecule has 0 aliphatic rings. The lowest BCUT2D eigenvalue weighted by Crippen LogP contribution is -2.38. The Morgan fingerprint density at radius 2 is 1.95 bits per heavy atom. The Labute approximate surface area is 110 Å². The summed E-state index contributed by atoms with van der Waals surface area (Å²) in [5, 5.41) is 10.6. The standard InChI is InChI=1S/C11H10F4N2O3/c1-17(5-11(13,14)15)10(20)16-8-4-6(9(18)19)2-3-7(8)12/h2-4H,5H2,1H3,(H,16,20)(H,18,19). The third kappa shape index (κ3) is 4.41. The van der Waals surface area contributed by atoms with Crippen LogP contribution in [0.25, 0.3) is 0 Å². The van der Waals surface area contributed by atoms with Crippen molar-refractivity contribution < 1.29 is 32.3 Å². The van der Waals surface area contributed by atoms with Crippen LogP contribution in [-0.2, 0) is 0 Å². The Bertz CT molecular complexity index is 531. The van der Waals surface area contributed by atoms with Gasteiger partial charge in [0.15, 0.2) is 0 Å². The van der Waals surface area contributed by atoms with Gasteiger partial charge in [-0.3, -0.25) is 0 Å². The lowest BCUT2D eigenvalue weighted by atomic mass is 10.2. The van der Waals surface area contributed by atoms with Crippen LogP contribution in [0.1, 0.15) is 10.4 Å². The van der Waals surface area contributed by atoms with E-state index >= 15 is 0 Å². The van der Waals surface area contributed by atoms with Crippen molar-refractivity contribution in [1.29, 1.82) is 0 Å². The van der Waals surface area contributed by atoms with Gasteiger partial charge in [-0.15, -0.1) is 0 Å². The Hall–Kier alpha value is -2.32. The predicted octanol–water partition coefficient (Wildman–Crippen LogP) is 2.55. The number of hydrogen-bond donors (Lipinski definition) is 2. The maximum absolute atomic E-state index is 13.3. The van der Waals surface area contributed by atoms with Crippen molar-refractivity contribution >= 4 is 17.7 Å². The minimum Gasteiger partial charge on any atom is -0.478 e. The van der Waals surface area contributed by atoms with Gasteiger partial charge in [-0.1, -0.05) is 0 Å². The van der Waals surface area contributed by atoms with Gasteiger partial charge in [0, 0.05) is 7.05 Å². The van der Waals surface area contributed by atoms with E-state index in [4.69, 9.17) is 5.11 Å². The summed E-state index contributed by atoms with van der Waals surface area (Å²) in [7, 11) is 0.877. The first-order chi connectivity index (χ1) is 9.10. The summed E-state index contributed by atoms with van der Waals surface area (Å²) in [4.78, 5) is 22.4. The first kappa shape index (κ1) is 15.7. The molecule has 20 heavy (non-hydrogen) atoms. The van der Waals surface area contributed by atoms with Crippen LogP contribution in [0.4, 0.5) is 28.0 Å². The molecule has 0 bridgehead atoms. The average molecular weight is 294 g/mol. The monoisotopic (exact) mass is 294 g/mol. The van der Waals surface area contributed by atoms with Gasteiger partial charge in [0.2, 0.25) is 0 Å². The minimum absolute atomic E-state index is 0.298. The summed E-state index contributed by atoms with van der Waals surface area (Å²) in [6.07, 6.45) is -4.59. The van der Waals surface area contributed by atoms with E-state index in [1.807, 2.05) is 5.32 Å². The Morgan fingerprint density at radius 3 is 2.45 bits per heavy atom. The fourth-order valence-electron chi connectivity index (χ4n) is 1.31. The summed E-state index contributed by atoms with van der Waals surface area (Å²) >= 11 is 0. The van der Waals surface area contributed by atoms with Crippen molar-refractivity contribution in [3.05, 3.63) is 29.6 Å². The molecule has 110 valence electrons. The van der Waals surface area contributed by atoms with Crippen LogP contribution in [0.15, 0.2) is 18.2 Å². The molecule has 0 unspecified atom stereocenters. The third-order valence-corrected chi connectivity index (χ3v) is 2.22. The summed E-state index contributed by atoms with van der Waals surface area (Å²) in [6, 6.07) is 1.37. The van der Waals surface area contributed by atoms with Crippen LogP contribution in [0.5, 0.6) is 0 Å². The molecule has 2 N–H and O–H groups in total. The molecule has 1 aromatic rings. The quantitative estimate of drug-likeness (QED) is 0.842. The van der Waals surface area contributed by atoms with E-state index in [1.54, 1.807) is 0 Å². The zero-order chi connectivity index (χ0) is 15.5. The van der Waals surface area contributed by atoms with Gasteiger partial charge in [-0.05, 0) is 18.2 Å². The number of halogens is 4. The normalized spacial score (nSPS) is 11.1. The Morgan fingerprint density at radius 1 is 1.35 bits per heavy atom. The number of aromatic carboxylic acids is 1. The molecule has 2 amide bonds. The minimum atomic E-state index is -4.59. The second-order valence-electron chi connectivity index (χ2n) is 3.90. The molecule has 9 heteroatoms. The molecule has 0 fully saturated rings. The zero-order valence-electron chi connectivity index (χ0n) is 10.2. The molecule has 1 aromatic carbocycles. The topological polar surface area (TPSA) is 69.6 Å². The first-order valence-electron chi connectivity index (χ1n) is 5.22. The predicted molar refractivity (Wildman–Crippen MR) is 61.1 cm³/mol. The van der Waals surface area contributed by atoms with Crippen molar-refractivity contribution in [2.45, 2.75) is 6.18 Å². The maximum Gasteiger partial charge on any atom is 0.406 e. The maximum atomic E-state index is 13.3. The Kier molecular flexibility index (Phi) is 4.53. The molecule has 0 spiro atoms.